The van der Waals surface area contributed by atoms with Crippen LogP contribution in [0.4, 0.5) is 4.39 Å². The zero-order valence-electron chi connectivity index (χ0n) is 9.44. The van der Waals surface area contributed by atoms with Gasteiger partial charge in [-0.3, -0.25) is 0 Å². The molecule has 1 aromatic heterocycles. The molecule has 0 aliphatic heterocycles. The van der Waals surface area contributed by atoms with E-state index < -0.39 is 0 Å². The third-order valence-corrected chi connectivity index (χ3v) is 2.52. The Balaban J connectivity index is 2.49. The molecule has 4 heteroatoms. The normalized spacial score (nSPS) is 10.7. The van der Waals surface area contributed by atoms with Crippen LogP contribution in [0.1, 0.15) is 18.9 Å². The van der Waals surface area contributed by atoms with Crippen LogP contribution in [0.2, 0.25) is 0 Å². The van der Waals surface area contributed by atoms with Crippen molar-refractivity contribution in [3.63, 3.8) is 0 Å². The maximum absolute atomic E-state index is 13.2. The topological polar surface area (TPSA) is 30.7 Å². The molecule has 0 saturated carbocycles. The summed E-state index contributed by atoms with van der Waals surface area (Å²) >= 11 is 0. The summed E-state index contributed by atoms with van der Waals surface area (Å²) in [4.78, 5) is 0. The SMILES string of the molecule is CCCn1cnnc1-c1cc(F)ccc1C. The molecule has 1 heterocycles. The Morgan fingerprint density at radius 1 is 1.38 bits per heavy atom. The second kappa shape index (κ2) is 4.43. The van der Waals surface area contributed by atoms with Crippen molar-refractivity contribution in [2.75, 3.05) is 0 Å². The standard InChI is InChI=1S/C12H14FN3/c1-3-6-16-8-14-15-12(16)11-7-10(13)5-4-9(11)2/h4-5,7-8H,3,6H2,1-2H3. The molecule has 0 bridgehead atoms. The van der Waals surface area contributed by atoms with Gasteiger partial charge >= 0.3 is 0 Å². The molecule has 0 N–H and O–H groups in total. The summed E-state index contributed by atoms with van der Waals surface area (Å²) < 4.78 is 15.1. The summed E-state index contributed by atoms with van der Waals surface area (Å²) in [7, 11) is 0. The summed E-state index contributed by atoms with van der Waals surface area (Å²) in [6.07, 6.45) is 2.68. The Bertz CT molecular complexity index is 491. The van der Waals surface area contributed by atoms with Gasteiger partial charge in [-0.25, -0.2) is 4.39 Å². The molecule has 0 spiro atoms. The number of hydrogen-bond acceptors (Lipinski definition) is 2. The second-order valence-corrected chi connectivity index (χ2v) is 3.81. The first-order valence-corrected chi connectivity index (χ1v) is 5.36. The number of rotatable bonds is 3. The van der Waals surface area contributed by atoms with Gasteiger partial charge in [0.15, 0.2) is 5.82 Å². The second-order valence-electron chi connectivity index (χ2n) is 3.81. The molecular weight excluding hydrogens is 205 g/mol. The fourth-order valence-electron chi connectivity index (χ4n) is 1.70. The molecule has 0 unspecified atom stereocenters. The van der Waals surface area contributed by atoms with E-state index in [4.69, 9.17) is 0 Å². The van der Waals surface area contributed by atoms with Crippen molar-refractivity contribution >= 4 is 0 Å². The van der Waals surface area contributed by atoms with Crippen LogP contribution in [0.5, 0.6) is 0 Å². The number of aromatic nitrogens is 3. The maximum atomic E-state index is 13.2. The molecular formula is C12H14FN3. The minimum absolute atomic E-state index is 0.244. The monoisotopic (exact) mass is 219 g/mol. The third-order valence-electron chi connectivity index (χ3n) is 2.52. The highest BCUT2D eigenvalue weighted by molar-refractivity contribution is 5.59. The van der Waals surface area contributed by atoms with Crippen LogP contribution in [0.25, 0.3) is 11.4 Å². The Morgan fingerprint density at radius 3 is 2.94 bits per heavy atom. The first-order valence-electron chi connectivity index (χ1n) is 5.36. The van der Waals surface area contributed by atoms with Crippen molar-refractivity contribution in [2.24, 2.45) is 0 Å². The van der Waals surface area contributed by atoms with Gasteiger partial charge in [-0.15, -0.1) is 10.2 Å². The zero-order chi connectivity index (χ0) is 11.5. The average Bonchev–Trinajstić information content (AvgIpc) is 2.70. The van der Waals surface area contributed by atoms with E-state index in [0.29, 0.717) is 0 Å². The molecule has 0 saturated heterocycles. The molecule has 2 aromatic rings. The lowest BCUT2D eigenvalue weighted by Gasteiger charge is -2.07. The first kappa shape index (κ1) is 10.8. The molecule has 0 amide bonds. The van der Waals surface area contributed by atoms with Crippen molar-refractivity contribution in [1.29, 1.82) is 0 Å². The van der Waals surface area contributed by atoms with E-state index in [1.54, 1.807) is 12.4 Å². The van der Waals surface area contributed by atoms with Gasteiger partial charge < -0.3 is 4.57 Å². The molecule has 0 radical (unpaired) electrons. The number of benzene rings is 1. The Hall–Kier alpha value is -1.71. The van der Waals surface area contributed by atoms with Crippen LogP contribution in [0.3, 0.4) is 0 Å². The van der Waals surface area contributed by atoms with Crippen LogP contribution in [0.15, 0.2) is 24.5 Å². The Morgan fingerprint density at radius 2 is 2.19 bits per heavy atom. The summed E-state index contributed by atoms with van der Waals surface area (Å²) in [6, 6.07) is 4.72. The fraction of sp³-hybridized carbons (Fsp3) is 0.333. The maximum Gasteiger partial charge on any atom is 0.164 e. The van der Waals surface area contributed by atoms with E-state index in [0.717, 1.165) is 29.9 Å². The summed E-state index contributed by atoms with van der Waals surface area (Å²) in [5.74, 6) is 0.491. The minimum atomic E-state index is -0.244. The van der Waals surface area contributed by atoms with Crippen LogP contribution >= 0.6 is 0 Å². The fourth-order valence-corrected chi connectivity index (χ4v) is 1.70. The van der Waals surface area contributed by atoms with Gasteiger partial charge in [-0.05, 0) is 31.0 Å². The summed E-state index contributed by atoms with van der Waals surface area (Å²) in [5.41, 5.74) is 1.82. The molecule has 2 rings (SSSR count). The molecule has 3 nitrogen and oxygen atoms in total. The average molecular weight is 219 g/mol. The highest BCUT2D eigenvalue weighted by atomic mass is 19.1. The van der Waals surface area contributed by atoms with Crippen molar-refractivity contribution in [2.45, 2.75) is 26.8 Å². The van der Waals surface area contributed by atoms with Gasteiger partial charge in [-0.2, -0.15) is 0 Å². The largest absolute Gasteiger partial charge is 0.314 e. The Kier molecular flexibility index (Phi) is 2.99. The molecule has 0 aliphatic rings. The first-order chi connectivity index (χ1) is 7.72. The van der Waals surface area contributed by atoms with Crippen molar-refractivity contribution in [3.05, 3.63) is 35.9 Å². The van der Waals surface area contributed by atoms with Crippen molar-refractivity contribution in [1.82, 2.24) is 14.8 Å². The van der Waals surface area contributed by atoms with E-state index in [2.05, 4.69) is 17.1 Å². The van der Waals surface area contributed by atoms with Gasteiger partial charge in [-0.1, -0.05) is 13.0 Å². The van der Waals surface area contributed by atoms with Crippen molar-refractivity contribution in [3.8, 4) is 11.4 Å². The molecule has 0 atom stereocenters. The van der Waals surface area contributed by atoms with E-state index in [9.17, 15) is 4.39 Å². The van der Waals surface area contributed by atoms with Crippen LogP contribution < -0.4 is 0 Å². The predicted octanol–water partition coefficient (Wildman–Crippen LogP) is 2.80. The van der Waals surface area contributed by atoms with Crippen LogP contribution in [-0.4, -0.2) is 14.8 Å². The van der Waals surface area contributed by atoms with E-state index >= 15 is 0 Å². The van der Waals surface area contributed by atoms with Crippen LogP contribution in [0, 0.1) is 12.7 Å². The molecule has 84 valence electrons. The number of nitrogens with zero attached hydrogens (tertiary/aromatic N) is 3. The zero-order valence-corrected chi connectivity index (χ0v) is 9.44. The smallest absolute Gasteiger partial charge is 0.164 e. The van der Waals surface area contributed by atoms with E-state index in [-0.39, 0.29) is 5.82 Å². The molecule has 16 heavy (non-hydrogen) atoms. The minimum Gasteiger partial charge on any atom is -0.314 e. The van der Waals surface area contributed by atoms with E-state index in [1.165, 1.54) is 12.1 Å². The molecule has 0 fully saturated rings. The lowest BCUT2D eigenvalue weighted by Crippen LogP contribution is -1.99. The lowest BCUT2D eigenvalue weighted by atomic mass is 10.1. The number of halogens is 1. The number of hydrogen-bond donors (Lipinski definition) is 0. The van der Waals surface area contributed by atoms with Gasteiger partial charge in [0.1, 0.15) is 12.1 Å². The quantitative estimate of drug-likeness (QED) is 0.794. The number of aryl methyl sites for hydroxylation is 2. The van der Waals surface area contributed by atoms with Gasteiger partial charge in [0.2, 0.25) is 0 Å². The highest BCUT2D eigenvalue weighted by Crippen LogP contribution is 2.22. The van der Waals surface area contributed by atoms with E-state index in [1.807, 2.05) is 11.5 Å². The van der Waals surface area contributed by atoms with Gasteiger partial charge in [0.25, 0.3) is 0 Å². The van der Waals surface area contributed by atoms with Gasteiger partial charge in [0.05, 0.1) is 0 Å². The third kappa shape index (κ3) is 1.96. The summed E-state index contributed by atoms with van der Waals surface area (Å²) in [5, 5.41) is 7.93. The van der Waals surface area contributed by atoms with Gasteiger partial charge in [0, 0.05) is 12.1 Å². The predicted molar refractivity (Wildman–Crippen MR) is 60.4 cm³/mol. The van der Waals surface area contributed by atoms with Crippen molar-refractivity contribution < 1.29 is 4.39 Å². The lowest BCUT2D eigenvalue weighted by molar-refractivity contribution is 0.627. The molecule has 0 aliphatic carbocycles. The Labute approximate surface area is 93.9 Å². The summed E-state index contributed by atoms with van der Waals surface area (Å²) in [6.45, 7) is 4.88. The highest BCUT2D eigenvalue weighted by Gasteiger charge is 2.10. The van der Waals surface area contributed by atoms with Crippen LogP contribution in [-0.2, 0) is 6.54 Å². The molecule has 1 aromatic carbocycles.